The molecule has 0 aromatic carbocycles. The first-order valence-electron chi connectivity index (χ1n) is 9.99. The van der Waals surface area contributed by atoms with E-state index >= 15 is 0 Å². The normalized spacial score (nSPS) is 25.0. The van der Waals surface area contributed by atoms with E-state index in [1.54, 1.807) is 0 Å². The van der Waals surface area contributed by atoms with Crippen LogP contribution in [0.3, 0.4) is 0 Å². The van der Waals surface area contributed by atoms with Crippen molar-refractivity contribution >= 4 is 0 Å². The van der Waals surface area contributed by atoms with E-state index in [1.807, 2.05) is 0 Å². The van der Waals surface area contributed by atoms with Gasteiger partial charge < -0.3 is 0 Å². The maximum absolute atomic E-state index is 7.41. The predicted octanol–water partition coefficient (Wildman–Crippen LogP) is 7.01. The van der Waals surface area contributed by atoms with Gasteiger partial charge in [-0.3, -0.25) is 0 Å². The van der Waals surface area contributed by atoms with Crippen LogP contribution in [0.4, 0.5) is 0 Å². The molecule has 24 heavy (non-hydrogen) atoms. The summed E-state index contributed by atoms with van der Waals surface area (Å²) in [6.07, 6.45) is 13.4. The molecule has 0 atom stereocenters. The smallest absolute Gasteiger partial charge is 0.219 e. The minimum Gasteiger partial charge on any atom is -0.225 e. The van der Waals surface area contributed by atoms with E-state index in [9.17, 15) is 0 Å². The molecule has 0 saturated heterocycles. The van der Waals surface area contributed by atoms with Crippen molar-refractivity contribution in [3.8, 4) is 0 Å². The van der Waals surface area contributed by atoms with Gasteiger partial charge in [0, 0.05) is 10.8 Å². The fourth-order valence-corrected chi connectivity index (χ4v) is 5.61. The monoisotopic (exact) mass is 334 g/mol. The highest BCUT2D eigenvalue weighted by Crippen LogP contribution is 2.67. The van der Waals surface area contributed by atoms with Crippen molar-refractivity contribution < 1.29 is 9.78 Å². The molecule has 0 amide bonds. The number of hydrogen-bond acceptors (Lipinski definition) is 2. The standard InChI is InChI=1S/C22H38O2/c1-19(2,3)21(14-10-8-11-15-21)18(24-23-7)22(20(4,5)6)16-12-9-13-17-22/h8-17H2,1-6H3. The van der Waals surface area contributed by atoms with Gasteiger partial charge in [0.2, 0.25) is 7.11 Å². The second-order valence-electron chi connectivity index (χ2n) is 10.3. The molecule has 2 aliphatic rings. The van der Waals surface area contributed by atoms with Crippen LogP contribution < -0.4 is 0 Å². The van der Waals surface area contributed by atoms with Crippen LogP contribution in [0.1, 0.15) is 106 Å². The van der Waals surface area contributed by atoms with E-state index in [0.29, 0.717) is 0 Å². The lowest BCUT2D eigenvalue weighted by Gasteiger charge is -2.60. The molecule has 2 nitrogen and oxygen atoms in total. The molecule has 2 heteroatoms. The third kappa shape index (κ3) is 3.43. The second kappa shape index (κ2) is 7.27. The minimum absolute atomic E-state index is 0.0108. The summed E-state index contributed by atoms with van der Waals surface area (Å²) in [5, 5.41) is 0. The Morgan fingerprint density at radius 1 is 0.667 bits per heavy atom. The molecule has 4 radical (unpaired) electrons. The fourth-order valence-electron chi connectivity index (χ4n) is 5.61. The Hall–Kier alpha value is -0.0800. The molecule has 0 heterocycles. The van der Waals surface area contributed by atoms with E-state index in [1.165, 1.54) is 38.5 Å². The first-order valence-corrected chi connectivity index (χ1v) is 9.99. The second-order valence-corrected chi connectivity index (χ2v) is 10.3. The maximum atomic E-state index is 7.41. The third-order valence-corrected chi connectivity index (χ3v) is 7.28. The predicted molar refractivity (Wildman–Crippen MR) is 98.6 cm³/mol. The van der Waals surface area contributed by atoms with Crippen molar-refractivity contribution in [3.63, 3.8) is 0 Å². The van der Waals surface area contributed by atoms with Crippen LogP contribution in [0.2, 0.25) is 0 Å². The topological polar surface area (TPSA) is 18.5 Å². The molecule has 0 bridgehead atoms. The highest BCUT2D eigenvalue weighted by atomic mass is 17.2. The molecular weight excluding hydrogens is 296 g/mol. The zero-order chi connectivity index (χ0) is 18.1. The van der Waals surface area contributed by atoms with Gasteiger partial charge >= 0.3 is 0 Å². The first kappa shape index (κ1) is 20.2. The molecule has 0 aromatic heterocycles. The summed E-state index contributed by atoms with van der Waals surface area (Å²) in [6, 6.07) is 0. The van der Waals surface area contributed by atoms with E-state index in [-0.39, 0.29) is 21.7 Å². The summed E-state index contributed by atoms with van der Waals surface area (Å²) in [4.78, 5) is 10.5. The van der Waals surface area contributed by atoms with E-state index < -0.39 is 0 Å². The van der Waals surface area contributed by atoms with Gasteiger partial charge in [-0.05, 0) is 36.5 Å². The lowest BCUT2D eigenvalue weighted by molar-refractivity contribution is -0.310. The fraction of sp³-hybridized carbons (Fsp3) is 0.909. The van der Waals surface area contributed by atoms with Crippen molar-refractivity contribution in [2.45, 2.75) is 106 Å². The van der Waals surface area contributed by atoms with E-state index in [2.05, 4.69) is 46.4 Å². The molecule has 0 spiro atoms. The van der Waals surface area contributed by atoms with E-state index in [4.69, 9.17) is 12.0 Å². The Labute approximate surface area is 151 Å². The highest BCUT2D eigenvalue weighted by molar-refractivity contribution is 5.19. The van der Waals surface area contributed by atoms with Gasteiger partial charge in [0.05, 0.1) is 0 Å². The van der Waals surface area contributed by atoms with Crippen molar-refractivity contribution in [2.75, 3.05) is 0 Å². The van der Waals surface area contributed by atoms with Crippen molar-refractivity contribution in [1.29, 1.82) is 0 Å². The largest absolute Gasteiger partial charge is 0.225 e. The quantitative estimate of drug-likeness (QED) is 0.407. The molecule has 0 N–H and O–H groups in total. The SMILES string of the molecule is [C]OO[C](C1(C(C)(C)C)CCCCC1)C1(C(C)(C)C)CCCCC1. The molecule has 0 aliphatic heterocycles. The Balaban J connectivity index is 2.55. The van der Waals surface area contributed by atoms with Crippen LogP contribution in [0.15, 0.2) is 0 Å². The average Bonchev–Trinajstić information content (AvgIpc) is 2.52. The summed E-state index contributed by atoms with van der Waals surface area (Å²) in [6.45, 7) is 14.1. The van der Waals surface area contributed by atoms with Gasteiger partial charge in [0.25, 0.3) is 0 Å². The maximum Gasteiger partial charge on any atom is 0.219 e. The lowest BCUT2D eigenvalue weighted by atomic mass is 9.45. The molecule has 0 unspecified atom stereocenters. The van der Waals surface area contributed by atoms with Gasteiger partial charge in [-0.2, -0.15) is 0 Å². The third-order valence-electron chi connectivity index (χ3n) is 7.28. The van der Waals surface area contributed by atoms with Crippen molar-refractivity contribution in [3.05, 3.63) is 13.2 Å². The summed E-state index contributed by atoms with van der Waals surface area (Å²) >= 11 is 0. The molecule has 138 valence electrons. The van der Waals surface area contributed by atoms with Crippen LogP contribution in [0.25, 0.3) is 0 Å². The summed E-state index contributed by atoms with van der Waals surface area (Å²) in [5.41, 5.74) is 0.238. The molecule has 2 rings (SSSR count). The van der Waals surface area contributed by atoms with Gasteiger partial charge in [0.15, 0.2) is 0 Å². The lowest BCUT2D eigenvalue weighted by Crippen LogP contribution is -2.55. The van der Waals surface area contributed by atoms with Crippen molar-refractivity contribution in [2.24, 2.45) is 21.7 Å². The minimum atomic E-state index is 0.0108. The molecule has 0 aromatic rings. The summed E-state index contributed by atoms with van der Waals surface area (Å²) in [7, 11) is 7.41. The Morgan fingerprint density at radius 3 is 1.25 bits per heavy atom. The van der Waals surface area contributed by atoms with Crippen molar-refractivity contribution in [1.82, 2.24) is 0 Å². The molecule has 2 fully saturated rings. The molecular formula is C22H38O2. The Kier molecular flexibility index (Phi) is 6.13. The van der Waals surface area contributed by atoms with Crippen LogP contribution in [0.5, 0.6) is 0 Å². The van der Waals surface area contributed by atoms with Gasteiger partial charge in [-0.1, -0.05) is 80.1 Å². The van der Waals surface area contributed by atoms with Crippen LogP contribution in [0, 0.1) is 34.9 Å². The summed E-state index contributed by atoms with van der Waals surface area (Å²) in [5.74, 6) is 0. The molecule has 2 aliphatic carbocycles. The van der Waals surface area contributed by atoms with Gasteiger partial charge in [0.1, 0.15) is 6.10 Å². The van der Waals surface area contributed by atoms with Gasteiger partial charge in [-0.25, -0.2) is 9.78 Å². The number of hydrogen-bond donors (Lipinski definition) is 0. The van der Waals surface area contributed by atoms with Crippen LogP contribution >= 0.6 is 0 Å². The van der Waals surface area contributed by atoms with Crippen LogP contribution in [-0.4, -0.2) is 0 Å². The zero-order valence-electron chi connectivity index (χ0n) is 16.9. The molecule has 2 saturated carbocycles. The Morgan fingerprint density at radius 2 is 1.00 bits per heavy atom. The summed E-state index contributed by atoms with van der Waals surface area (Å²) < 4.78 is 0. The van der Waals surface area contributed by atoms with E-state index in [0.717, 1.165) is 31.8 Å². The number of rotatable bonds is 4. The highest BCUT2D eigenvalue weighted by Gasteiger charge is 2.61. The Bertz CT molecular complexity index is 351. The zero-order valence-corrected chi connectivity index (χ0v) is 16.9. The van der Waals surface area contributed by atoms with Gasteiger partial charge in [-0.15, -0.1) is 0 Å². The van der Waals surface area contributed by atoms with Crippen LogP contribution in [-0.2, 0) is 9.78 Å². The first-order chi connectivity index (χ1) is 11.1. The average molecular weight is 335 g/mol.